The van der Waals surface area contributed by atoms with Gasteiger partial charge in [-0.25, -0.2) is 19.2 Å². The van der Waals surface area contributed by atoms with Gasteiger partial charge in [0.1, 0.15) is 61.0 Å². The highest BCUT2D eigenvalue weighted by Crippen LogP contribution is 2.39. The summed E-state index contributed by atoms with van der Waals surface area (Å²) >= 11 is 0. The molecule has 0 radical (unpaired) electrons. The van der Waals surface area contributed by atoms with Crippen LogP contribution in [0.2, 0.25) is 0 Å². The summed E-state index contributed by atoms with van der Waals surface area (Å²) in [6.07, 6.45) is 7.70. The van der Waals surface area contributed by atoms with Crippen LogP contribution in [-0.4, -0.2) is 167 Å². The molecule has 0 aromatic heterocycles. The summed E-state index contributed by atoms with van der Waals surface area (Å²) in [5, 5.41) is 21.9. The molecule has 4 fully saturated rings. The molecule has 8 heterocycles. The Labute approximate surface area is 679 Å². The van der Waals surface area contributed by atoms with Gasteiger partial charge in [-0.15, -0.1) is 0 Å². The van der Waals surface area contributed by atoms with Gasteiger partial charge in [0.25, 0.3) is 0 Å². The molecule has 27 nitrogen and oxygen atoms in total. The molecule has 27 heteroatoms. The van der Waals surface area contributed by atoms with E-state index >= 15 is 0 Å². The zero-order valence-corrected chi connectivity index (χ0v) is 70.4. The van der Waals surface area contributed by atoms with E-state index in [0.717, 1.165) is 44.5 Å². The summed E-state index contributed by atoms with van der Waals surface area (Å²) in [6.45, 7) is 38.1. The van der Waals surface area contributed by atoms with Crippen molar-refractivity contribution >= 4 is 81.8 Å². The maximum Gasteiger partial charge on any atom is 0.340 e. The van der Waals surface area contributed by atoms with Gasteiger partial charge in [-0.3, -0.25) is 28.8 Å². The topological polar surface area (TPSA) is 350 Å². The summed E-state index contributed by atoms with van der Waals surface area (Å²) in [5.41, 5.74) is 9.67. The third kappa shape index (κ3) is 24.4. The fourth-order valence-corrected chi connectivity index (χ4v) is 15.3. The number of esters is 4. The van der Waals surface area contributed by atoms with E-state index in [4.69, 9.17) is 56.8 Å². The molecule has 8 aliphatic heterocycles. The molecule has 116 heavy (non-hydrogen) atoms. The van der Waals surface area contributed by atoms with Crippen molar-refractivity contribution in [1.82, 2.24) is 0 Å². The van der Waals surface area contributed by atoms with E-state index in [1.165, 1.54) is 12.2 Å². The van der Waals surface area contributed by atoms with E-state index in [0.29, 0.717) is 70.7 Å². The molecule has 628 valence electrons. The van der Waals surface area contributed by atoms with Crippen LogP contribution < -0.4 is 21.3 Å². The molecular weight excluding hydrogens is 1490 g/mol. The summed E-state index contributed by atoms with van der Waals surface area (Å²) in [5.74, 6) is -7.34. The molecule has 4 aromatic rings. The van der Waals surface area contributed by atoms with Crippen LogP contribution in [0.1, 0.15) is 227 Å². The van der Waals surface area contributed by atoms with E-state index in [1.54, 1.807) is 125 Å². The van der Waals surface area contributed by atoms with Gasteiger partial charge in [0.2, 0.25) is 23.6 Å². The van der Waals surface area contributed by atoms with Crippen molar-refractivity contribution in [2.45, 2.75) is 299 Å². The minimum absolute atomic E-state index is 0.0170. The van der Waals surface area contributed by atoms with E-state index < -0.39 is 108 Å². The van der Waals surface area contributed by atoms with Gasteiger partial charge >= 0.3 is 23.9 Å². The molecule has 0 saturated carbocycles. The normalized spacial score (nSPS) is 29.8. The second-order valence-electron chi connectivity index (χ2n) is 33.1. The standard InChI is InChI=1S/C23H31NO5.C22H29NO6.2C22H27NO6/c1-13-10-15(3)20-17(11-13)24-19(25)12-18-21(29-23(5,6)28-18)14(2)8-7-9-16(4)27-22(20)26;3*1-12-9-13(2)19-15(10-12)23-18(25)11-17-20(29-22(4,5)28-17)16(24)8-6-7-14(3)27-21(19)26/h7-8,10-11,14,16,18,21H,9,12H2,1-6H3,(H,24,25);6,8-10,14,16-17,20,24H,7,11H2,1-5H3,(H,23,25);2*6,8-10,14,17,20H,7,11H2,1-5H3,(H,23,25)/b8-7-;8-6-;8-6+;8-6-/t14?,16-,18-,21+;14-,16?,17-,20+;2*14-,17-,20+/m0000/s1. The lowest BCUT2D eigenvalue weighted by Gasteiger charge is -2.22. The molecule has 0 aliphatic carbocycles. The van der Waals surface area contributed by atoms with Gasteiger partial charge < -0.3 is 83.2 Å². The molecule has 2 unspecified atom stereocenters. The van der Waals surface area contributed by atoms with Crippen LogP contribution in [-0.2, 0) is 85.6 Å². The number of amides is 4. The van der Waals surface area contributed by atoms with E-state index in [9.17, 15) is 53.1 Å². The number of ether oxygens (including phenoxy) is 12. The fourth-order valence-electron chi connectivity index (χ4n) is 15.3. The van der Waals surface area contributed by atoms with Gasteiger partial charge in [-0.1, -0.05) is 67.6 Å². The first kappa shape index (κ1) is 90.5. The van der Waals surface area contributed by atoms with Gasteiger partial charge in [0.15, 0.2) is 34.7 Å². The number of aliphatic hydroxyl groups is 1. The monoisotopic (exact) mass is 1610 g/mol. The molecule has 14 atom stereocenters. The highest BCUT2D eigenvalue weighted by atomic mass is 16.8. The minimum Gasteiger partial charge on any atom is -0.459 e. The number of anilines is 4. The third-order valence-electron chi connectivity index (χ3n) is 20.0. The van der Waals surface area contributed by atoms with Crippen molar-refractivity contribution in [2.24, 2.45) is 5.92 Å². The highest BCUT2D eigenvalue weighted by Gasteiger charge is 2.49. The Morgan fingerprint density at radius 2 is 0.586 bits per heavy atom. The van der Waals surface area contributed by atoms with Crippen LogP contribution in [0.3, 0.4) is 0 Å². The number of aryl methyl sites for hydroxylation is 8. The lowest BCUT2D eigenvalue weighted by Crippen LogP contribution is -2.36. The van der Waals surface area contributed by atoms with Crippen LogP contribution in [0.5, 0.6) is 0 Å². The Balaban J connectivity index is 0.000000177. The summed E-state index contributed by atoms with van der Waals surface area (Å²) in [4.78, 5) is 127. The summed E-state index contributed by atoms with van der Waals surface area (Å²) in [7, 11) is 0. The largest absolute Gasteiger partial charge is 0.459 e. The average molecular weight is 1610 g/mol. The molecule has 12 rings (SSSR count). The SMILES string of the molecule is Cc1cc(C)c2c(c1)NC(=O)C[C@@H]1OC(C)(C)O[C@@H]1C(=O)/C=C/C[C@H](C)OC2=O.Cc1cc(C)c2c(c1)NC(=O)C[C@@H]1OC(C)(C)O[C@@H]1C(=O)/C=C\C[C@H](C)OC2=O.Cc1cc(C)c2c(c1)NC(=O)C[C@@H]1OC(C)(C)O[C@@H]1C(C)/C=C\C[C@H](C)OC2=O.Cc1cc(C)c2c(c1)NC(=O)C[C@@H]1OC(C)(C)O[C@@H]1C(O)/C=C\C[C@H](C)OC2=O. The molecule has 8 aliphatic rings. The number of fused-ring (bicyclic) bond motifs is 8. The second-order valence-corrected chi connectivity index (χ2v) is 33.1. The Bertz CT molecular complexity index is 4250. The molecule has 0 spiro atoms. The van der Waals surface area contributed by atoms with Crippen molar-refractivity contribution in [1.29, 1.82) is 0 Å². The first-order valence-corrected chi connectivity index (χ1v) is 39.6. The summed E-state index contributed by atoms with van der Waals surface area (Å²) in [6, 6.07) is 14.5. The number of hydrogen-bond acceptors (Lipinski definition) is 23. The van der Waals surface area contributed by atoms with Gasteiger partial charge in [0.05, 0.1) is 89.0 Å². The Kier molecular flexibility index (Phi) is 29.6. The smallest absolute Gasteiger partial charge is 0.340 e. The number of carbonyl (C=O) groups excluding carboxylic acids is 10. The Morgan fingerprint density at radius 1 is 0.328 bits per heavy atom. The number of carbonyl (C=O) groups is 10. The van der Waals surface area contributed by atoms with Crippen molar-refractivity contribution in [3.63, 3.8) is 0 Å². The van der Waals surface area contributed by atoms with Crippen molar-refractivity contribution in [2.75, 3.05) is 21.3 Å². The predicted octanol–water partition coefficient (Wildman–Crippen LogP) is 13.8. The minimum atomic E-state index is -0.968. The lowest BCUT2D eigenvalue weighted by atomic mass is 9.96. The van der Waals surface area contributed by atoms with Crippen molar-refractivity contribution in [3.05, 3.63) is 164 Å². The number of hydrogen-bond donors (Lipinski definition) is 5. The molecule has 0 bridgehead atoms. The van der Waals surface area contributed by atoms with Crippen LogP contribution in [0, 0.1) is 61.3 Å². The fraction of sp³-hybridized carbons (Fsp3) is 0.528. The number of cyclic esters (lactones) is 4. The highest BCUT2D eigenvalue weighted by molar-refractivity contribution is 6.06. The van der Waals surface area contributed by atoms with E-state index in [1.807, 2.05) is 106 Å². The van der Waals surface area contributed by atoms with Crippen LogP contribution in [0.25, 0.3) is 0 Å². The molecule has 4 aromatic carbocycles. The second kappa shape index (κ2) is 37.9. The third-order valence-corrected chi connectivity index (χ3v) is 20.0. The van der Waals surface area contributed by atoms with Gasteiger partial charge in [-0.05, 0) is 219 Å². The van der Waals surface area contributed by atoms with Crippen LogP contribution >= 0.6 is 0 Å². The molecule has 5 N–H and O–H groups in total. The molecule has 4 saturated heterocycles. The first-order chi connectivity index (χ1) is 54.2. The molecule has 4 amide bonds. The van der Waals surface area contributed by atoms with E-state index in [2.05, 4.69) is 21.3 Å². The number of ketones is 2. The quantitative estimate of drug-likeness (QED) is 0.0620. The predicted molar refractivity (Wildman–Crippen MR) is 432 cm³/mol. The summed E-state index contributed by atoms with van der Waals surface area (Å²) < 4.78 is 69.1. The Morgan fingerprint density at radius 3 is 0.905 bits per heavy atom. The number of aliphatic hydroxyl groups excluding tert-OH is 1. The number of rotatable bonds is 0. The maximum atomic E-state index is 12.9. The lowest BCUT2D eigenvalue weighted by molar-refractivity contribution is -0.154. The number of nitrogens with one attached hydrogen (secondary N) is 4. The Hall–Kier alpha value is -9.42. The van der Waals surface area contributed by atoms with Crippen molar-refractivity contribution in [3.8, 4) is 0 Å². The van der Waals surface area contributed by atoms with Crippen molar-refractivity contribution < 1.29 is 110 Å². The van der Waals surface area contributed by atoms with Crippen LogP contribution in [0.4, 0.5) is 22.7 Å². The average Bonchev–Trinajstić information content (AvgIpc) is 1.21. The zero-order valence-electron chi connectivity index (χ0n) is 70.4. The number of benzene rings is 4. The van der Waals surface area contributed by atoms with Crippen LogP contribution in [0.15, 0.2) is 97.1 Å². The maximum absolute atomic E-state index is 12.9. The van der Waals surface area contributed by atoms with E-state index in [-0.39, 0.29) is 85.1 Å². The van der Waals surface area contributed by atoms with Gasteiger partial charge in [0, 0.05) is 31.6 Å². The molecular formula is C89H114N4O23. The van der Waals surface area contributed by atoms with Gasteiger partial charge in [-0.2, -0.15) is 0 Å². The first-order valence-electron chi connectivity index (χ1n) is 39.6. The zero-order chi connectivity index (χ0) is 85.4.